The summed E-state index contributed by atoms with van der Waals surface area (Å²) < 4.78 is 7.73. The molecule has 1 atom stereocenters. The van der Waals surface area contributed by atoms with Gasteiger partial charge < -0.3 is 25.0 Å². The number of hydrogen-bond donors (Lipinski definition) is 3. The summed E-state index contributed by atoms with van der Waals surface area (Å²) in [5.74, 6) is 0.425. The van der Waals surface area contributed by atoms with E-state index in [0.717, 1.165) is 5.56 Å². The number of aryl methyl sites for hydroxylation is 2. The molecule has 1 unspecified atom stereocenters. The summed E-state index contributed by atoms with van der Waals surface area (Å²) in [5, 5.41) is 24.2. The zero-order chi connectivity index (χ0) is 24.2. The number of carbonyl (C=O) groups excluding carboxylic acids is 1. The Labute approximate surface area is 195 Å². The van der Waals surface area contributed by atoms with Gasteiger partial charge in [0.05, 0.1) is 36.2 Å². The number of imidazole rings is 1. The molecule has 172 valence electrons. The SMILES string of the molecule is Cc1cc(C#N)ncc1Oc1cc(Nc2ccc(C(=O)NCC(C)O)nc2)c2ncn(C)c2n1. The number of amides is 1. The van der Waals surface area contributed by atoms with Crippen LogP contribution in [0.5, 0.6) is 11.6 Å². The molecule has 0 aromatic carbocycles. The lowest BCUT2D eigenvalue weighted by molar-refractivity contribution is 0.0919. The number of aliphatic hydroxyl groups is 1. The predicted molar refractivity (Wildman–Crippen MR) is 124 cm³/mol. The van der Waals surface area contributed by atoms with E-state index in [1.54, 1.807) is 42.1 Å². The fraction of sp³-hybridized carbons (Fsp3) is 0.217. The van der Waals surface area contributed by atoms with Crippen LogP contribution in [0, 0.1) is 18.3 Å². The molecule has 4 aromatic rings. The topological polar surface area (TPSA) is 151 Å². The minimum absolute atomic E-state index is 0.145. The fourth-order valence-corrected chi connectivity index (χ4v) is 3.13. The van der Waals surface area contributed by atoms with E-state index in [2.05, 4.69) is 30.6 Å². The molecule has 3 N–H and O–H groups in total. The van der Waals surface area contributed by atoms with Gasteiger partial charge in [0.2, 0.25) is 5.88 Å². The molecule has 0 bridgehead atoms. The van der Waals surface area contributed by atoms with Crippen molar-refractivity contribution in [2.75, 3.05) is 11.9 Å². The number of nitriles is 1. The maximum Gasteiger partial charge on any atom is 0.269 e. The summed E-state index contributed by atoms with van der Waals surface area (Å²) >= 11 is 0. The van der Waals surface area contributed by atoms with Gasteiger partial charge in [-0.25, -0.2) is 15.0 Å². The maximum atomic E-state index is 12.1. The van der Waals surface area contributed by atoms with Gasteiger partial charge in [0.25, 0.3) is 5.91 Å². The number of ether oxygens (including phenoxy) is 1. The molecule has 4 rings (SSSR count). The van der Waals surface area contributed by atoms with Crippen LogP contribution in [0.25, 0.3) is 11.2 Å². The average molecular weight is 458 g/mol. The standard InChI is InChI=1S/C23H22N8O3/c1-13-6-16(8-24)25-11-19(13)34-20-7-18(21-22(30-20)31(3)12-28-21)29-15-4-5-17(26-10-15)23(33)27-9-14(2)32/h4-7,10-12,14,32H,9H2,1-3H3,(H,27,33)(H,29,30). The van der Waals surface area contributed by atoms with Gasteiger partial charge in [-0.3, -0.25) is 4.79 Å². The summed E-state index contributed by atoms with van der Waals surface area (Å²) in [4.78, 5) is 29.3. The average Bonchev–Trinajstić information content (AvgIpc) is 3.20. The van der Waals surface area contributed by atoms with Gasteiger partial charge in [0.1, 0.15) is 23.0 Å². The van der Waals surface area contributed by atoms with E-state index >= 15 is 0 Å². The maximum absolute atomic E-state index is 12.1. The first-order chi connectivity index (χ1) is 16.3. The number of rotatable bonds is 7. The van der Waals surface area contributed by atoms with Gasteiger partial charge in [0.15, 0.2) is 11.4 Å². The summed E-state index contributed by atoms with van der Waals surface area (Å²) in [6, 6.07) is 8.65. The summed E-state index contributed by atoms with van der Waals surface area (Å²) in [7, 11) is 1.83. The highest BCUT2D eigenvalue weighted by molar-refractivity contribution is 5.93. The van der Waals surface area contributed by atoms with E-state index in [-0.39, 0.29) is 18.1 Å². The van der Waals surface area contributed by atoms with E-state index in [0.29, 0.717) is 39.9 Å². The summed E-state index contributed by atoms with van der Waals surface area (Å²) in [6.07, 6.45) is 4.02. The Morgan fingerprint density at radius 2 is 2.09 bits per heavy atom. The second-order valence-electron chi connectivity index (χ2n) is 7.70. The molecule has 34 heavy (non-hydrogen) atoms. The van der Waals surface area contributed by atoms with Gasteiger partial charge >= 0.3 is 0 Å². The van der Waals surface area contributed by atoms with Crippen LogP contribution in [-0.4, -0.2) is 48.2 Å². The molecule has 1 amide bonds. The Balaban J connectivity index is 1.60. The van der Waals surface area contributed by atoms with E-state index in [9.17, 15) is 9.90 Å². The van der Waals surface area contributed by atoms with Gasteiger partial charge in [-0.15, -0.1) is 0 Å². The molecule has 0 aliphatic rings. The molecular weight excluding hydrogens is 436 g/mol. The fourth-order valence-electron chi connectivity index (χ4n) is 3.13. The van der Waals surface area contributed by atoms with Crippen molar-refractivity contribution in [1.29, 1.82) is 5.26 Å². The van der Waals surface area contributed by atoms with Gasteiger partial charge in [-0.2, -0.15) is 10.2 Å². The Bertz CT molecular complexity index is 1390. The second kappa shape index (κ2) is 9.51. The molecule has 0 saturated carbocycles. The molecule has 11 heteroatoms. The van der Waals surface area contributed by atoms with Gasteiger partial charge in [0, 0.05) is 19.7 Å². The van der Waals surface area contributed by atoms with Crippen LogP contribution in [0.2, 0.25) is 0 Å². The number of pyridine rings is 3. The Hall–Kier alpha value is -4.56. The van der Waals surface area contributed by atoms with Crippen LogP contribution in [-0.2, 0) is 7.05 Å². The van der Waals surface area contributed by atoms with Crippen molar-refractivity contribution in [3.05, 3.63) is 59.9 Å². The third-order valence-electron chi connectivity index (χ3n) is 4.87. The highest BCUT2D eigenvalue weighted by Crippen LogP contribution is 2.31. The van der Waals surface area contributed by atoms with Crippen LogP contribution in [0.15, 0.2) is 43.0 Å². The number of fused-ring (bicyclic) bond motifs is 1. The number of hydrogen-bond acceptors (Lipinski definition) is 9. The Kier molecular flexibility index (Phi) is 6.33. The van der Waals surface area contributed by atoms with Crippen LogP contribution in [0.3, 0.4) is 0 Å². The van der Waals surface area contributed by atoms with E-state index < -0.39 is 6.10 Å². The molecule has 11 nitrogen and oxygen atoms in total. The molecular formula is C23H22N8O3. The van der Waals surface area contributed by atoms with Crippen LogP contribution in [0.1, 0.15) is 28.7 Å². The quantitative estimate of drug-likeness (QED) is 0.379. The smallest absolute Gasteiger partial charge is 0.269 e. The molecule has 0 radical (unpaired) electrons. The molecule has 4 heterocycles. The Morgan fingerprint density at radius 1 is 1.26 bits per heavy atom. The normalized spacial score (nSPS) is 11.6. The first kappa shape index (κ1) is 22.6. The molecule has 0 saturated heterocycles. The third kappa shape index (κ3) is 4.92. The summed E-state index contributed by atoms with van der Waals surface area (Å²) in [6.45, 7) is 3.56. The predicted octanol–water partition coefficient (Wildman–Crippen LogP) is 2.58. The number of aliphatic hydroxyl groups excluding tert-OH is 1. The molecule has 0 spiro atoms. The van der Waals surface area contributed by atoms with E-state index in [4.69, 9.17) is 10.00 Å². The number of carbonyl (C=O) groups is 1. The highest BCUT2D eigenvalue weighted by Gasteiger charge is 2.14. The van der Waals surface area contributed by atoms with Gasteiger partial charge in [-0.1, -0.05) is 0 Å². The van der Waals surface area contributed by atoms with E-state index in [1.807, 2.05) is 20.0 Å². The zero-order valence-electron chi connectivity index (χ0n) is 18.8. The van der Waals surface area contributed by atoms with Crippen molar-refractivity contribution >= 4 is 28.4 Å². The van der Waals surface area contributed by atoms with Crippen LogP contribution < -0.4 is 15.4 Å². The number of anilines is 2. The van der Waals surface area contributed by atoms with Gasteiger partial charge in [-0.05, 0) is 37.6 Å². The molecule has 4 aromatic heterocycles. The second-order valence-corrected chi connectivity index (χ2v) is 7.70. The zero-order valence-corrected chi connectivity index (χ0v) is 18.8. The van der Waals surface area contributed by atoms with Crippen LogP contribution in [0.4, 0.5) is 11.4 Å². The minimum atomic E-state index is -0.641. The Morgan fingerprint density at radius 3 is 2.76 bits per heavy atom. The number of nitrogens with one attached hydrogen (secondary N) is 2. The van der Waals surface area contributed by atoms with Crippen molar-refractivity contribution < 1.29 is 14.6 Å². The third-order valence-corrected chi connectivity index (χ3v) is 4.87. The molecule has 0 aliphatic heterocycles. The minimum Gasteiger partial charge on any atom is -0.437 e. The first-order valence-electron chi connectivity index (χ1n) is 10.4. The number of nitrogens with zero attached hydrogens (tertiary/aromatic N) is 6. The molecule has 0 fully saturated rings. The van der Waals surface area contributed by atoms with Crippen LogP contribution >= 0.6 is 0 Å². The lowest BCUT2D eigenvalue weighted by Gasteiger charge is -2.12. The van der Waals surface area contributed by atoms with Crippen molar-refractivity contribution in [3.63, 3.8) is 0 Å². The lowest BCUT2D eigenvalue weighted by atomic mass is 10.2. The van der Waals surface area contributed by atoms with E-state index in [1.165, 1.54) is 12.4 Å². The highest BCUT2D eigenvalue weighted by atomic mass is 16.5. The largest absolute Gasteiger partial charge is 0.437 e. The van der Waals surface area contributed by atoms with Crippen molar-refractivity contribution in [2.24, 2.45) is 7.05 Å². The van der Waals surface area contributed by atoms with Crippen molar-refractivity contribution in [2.45, 2.75) is 20.0 Å². The lowest BCUT2D eigenvalue weighted by Crippen LogP contribution is -2.31. The van der Waals surface area contributed by atoms with Crippen molar-refractivity contribution in [1.82, 2.24) is 29.8 Å². The van der Waals surface area contributed by atoms with Crippen molar-refractivity contribution in [3.8, 4) is 17.7 Å². The number of aromatic nitrogens is 5. The first-order valence-corrected chi connectivity index (χ1v) is 10.4. The summed E-state index contributed by atoms with van der Waals surface area (Å²) in [5.41, 5.74) is 3.78. The monoisotopic (exact) mass is 458 g/mol. The molecule has 0 aliphatic carbocycles.